The largest absolute Gasteiger partial charge is 0.478 e. The third kappa shape index (κ3) is 2.80. The third-order valence-corrected chi connectivity index (χ3v) is 10.0. The van der Waals surface area contributed by atoms with Crippen LogP contribution in [0.15, 0.2) is 18.2 Å². The molecule has 2 amide bonds. The number of anilines is 2. The maximum absolute atomic E-state index is 13.2. The van der Waals surface area contributed by atoms with Gasteiger partial charge in [-0.2, -0.15) is 0 Å². The minimum absolute atomic E-state index is 0.0989. The predicted octanol–water partition coefficient (Wildman–Crippen LogP) is 2.50. The molecular formula is C20H20Br2N2O5. The van der Waals surface area contributed by atoms with Crippen LogP contribution in [0.1, 0.15) is 16.8 Å². The van der Waals surface area contributed by atoms with Gasteiger partial charge in [-0.3, -0.25) is 14.5 Å². The lowest BCUT2D eigenvalue weighted by molar-refractivity contribution is -0.123. The van der Waals surface area contributed by atoms with Crippen molar-refractivity contribution in [1.29, 1.82) is 0 Å². The van der Waals surface area contributed by atoms with Crippen molar-refractivity contribution in [2.45, 2.75) is 16.1 Å². The smallest absolute Gasteiger partial charge is 0.337 e. The number of amides is 2. The van der Waals surface area contributed by atoms with Gasteiger partial charge >= 0.3 is 5.97 Å². The van der Waals surface area contributed by atoms with Crippen molar-refractivity contribution in [2.75, 3.05) is 36.1 Å². The number of carboxylic acids is 1. The van der Waals surface area contributed by atoms with Gasteiger partial charge in [0.15, 0.2) is 0 Å². The summed E-state index contributed by atoms with van der Waals surface area (Å²) in [7, 11) is 0. The number of benzene rings is 1. The molecule has 9 heteroatoms. The van der Waals surface area contributed by atoms with Crippen molar-refractivity contribution in [3.63, 3.8) is 0 Å². The molecule has 6 atom stereocenters. The molecule has 2 saturated carbocycles. The third-order valence-electron chi connectivity index (χ3n) is 6.81. The molecule has 4 fully saturated rings. The maximum atomic E-state index is 13.2. The Labute approximate surface area is 184 Å². The Hall–Kier alpha value is -1.45. The highest BCUT2D eigenvalue weighted by atomic mass is 79.9. The molecule has 154 valence electrons. The quantitative estimate of drug-likeness (QED) is 0.480. The van der Waals surface area contributed by atoms with Gasteiger partial charge in [-0.15, -0.1) is 0 Å². The van der Waals surface area contributed by atoms with E-state index in [2.05, 4.69) is 31.9 Å². The van der Waals surface area contributed by atoms with Gasteiger partial charge in [-0.1, -0.05) is 31.9 Å². The highest BCUT2D eigenvalue weighted by molar-refractivity contribution is 9.12. The van der Waals surface area contributed by atoms with Gasteiger partial charge in [-0.05, 0) is 36.5 Å². The monoisotopic (exact) mass is 526 g/mol. The van der Waals surface area contributed by atoms with Crippen molar-refractivity contribution in [3.05, 3.63) is 23.8 Å². The number of carboxylic acid groups (broad SMARTS) is 1. The summed E-state index contributed by atoms with van der Waals surface area (Å²) in [5, 5.41) is 9.76. The van der Waals surface area contributed by atoms with Crippen molar-refractivity contribution in [3.8, 4) is 0 Å². The Balaban J connectivity index is 1.50. The number of fused-ring (bicyclic) bond motifs is 5. The first-order valence-corrected chi connectivity index (χ1v) is 11.6. The lowest BCUT2D eigenvalue weighted by atomic mass is 9.81. The van der Waals surface area contributed by atoms with Gasteiger partial charge in [0, 0.05) is 22.7 Å². The molecule has 0 radical (unpaired) electrons. The van der Waals surface area contributed by atoms with Gasteiger partial charge in [0.05, 0.1) is 42.0 Å². The summed E-state index contributed by atoms with van der Waals surface area (Å²) in [5.41, 5.74) is 1.03. The molecule has 2 saturated heterocycles. The van der Waals surface area contributed by atoms with Crippen LogP contribution in [0.25, 0.3) is 0 Å². The van der Waals surface area contributed by atoms with Crippen LogP contribution in [0.5, 0.6) is 0 Å². The van der Waals surface area contributed by atoms with Crippen molar-refractivity contribution >= 4 is 61.0 Å². The van der Waals surface area contributed by atoms with E-state index in [0.717, 1.165) is 6.42 Å². The molecule has 2 bridgehead atoms. The van der Waals surface area contributed by atoms with Crippen LogP contribution < -0.4 is 9.80 Å². The Morgan fingerprint density at radius 2 is 1.62 bits per heavy atom. The second kappa shape index (κ2) is 7.06. The Bertz CT molecular complexity index is 871. The van der Waals surface area contributed by atoms with Crippen LogP contribution in [0.4, 0.5) is 11.4 Å². The second-order valence-corrected chi connectivity index (χ2v) is 10.2. The number of carbonyl (C=O) groups excluding carboxylic acids is 2. The molecule has 0 aromatic heterocycles. The van der Waals surface area contributed by atoms with Gasteiger partial charge in [0.1, 0.15) is 0 Å². The maximum Gasteiger partial charge on any atom is 0.337 e. The van der Waals surface area contributed by atoms with E-state index < -0.39 is 5.97 Å². The van der Waals surface area contributed by atoms with Gasteiger partial charge < -0.3 is 14.7 Å². The number of morpholine rings is 1. The van der Waals surface area contributed by atoms with E-state index in [1.54, 1.807) is 12.1 Å². The average Bonchev–Trinajstić information content (AvgIpc) is 3.33. The topological polar surface area (TPSA) is 87.2 Å². The highest BCUT2D eigenvalue weighted by Crippen LogP contribution is 2.60. The van der Waals surface area contributed by atoms with Crippen molar-refractivity contribution in [2.24, 2.45) is 23.7 Å². The molecule has 1 N–H and O–H groups in total. The number of alkyl halides is 2. The molecule has 2 aliphatic heterocycles. The predicted molar refractivity (Wildman–Crippen MR) is 113 cm³/mol. The summed E-state index contributed by atoms with van der Waals surface area (Å²) in [6.07, 6.45) is 0.864. The summed E-state index contributed by atoms with van der Waals surface area (Å²) in [4.78, 5) is 41.9. The van der Waals surface area contributed by atoms with Crippen LogP contribution in [0, 0.1) is 23.7 Å². The molecular weight excluding hydrogens is 508 g/mol. The molecule has 2 aliphatic carbocycles. The highest BCUT2D eigenvalue weighted by Gasteiger charge is 2.66. The molecule has 29 heavy (non-hydrogen) atoms. The van der Waals surface area contributed by atoms with Crippen molar-refractivity contribution < 1.29 is 24.2 Å². The lowest BCUT2D eigenvalue weighted by Crippen LogP contribution is -2.37. The number of rotatable bonds is 3. The Morgan fingerprint density at radius 3 is 2.17 bits per heavy atom. The Kier molecular flexibility index (Phi) is 4.75. The fraction of sp³-hybridized carbons (Fsp3) is 0.550. The van der Waals surface area contributed by atoms with E-state index in [9.17, 15) is 19.5 Å². The van der Waals surface area contributed by atoms with Gasteiger partial charge in [-0.25, -0.2) is 4.79 Å². The molecule has 0 unspecified atom stereocenters. The van der Waals surface area contributed by atoms with E-state index in [0.29, 0.717) is 37.7 Å². The fourth-order valence-corrected chi connectivity index (χ4v) is 7.39. The van der Waals surface area contributed by atoms with Crippen LogP contribution in [0.2, 0.25) is 0 Å². The zero-order chi connectivity index (χ0) is 20.4. The summed E-state index contributed by atoms with van der Waals surface area (Å²) >= 11 is 7.37. The summed E-state index contributed by atoms with van der Waals surface area (Å²) in [6.45, 7) is 2.29. The van der Waals surface area contributed by atoms with Gasteiger partial charge in [0.2, 0.25) is 11.8 Å². The average molecular weight is 528 g/mol. The summed E-state index contributed by atoms with van der Waals surface area (Å²) in [6, 6.07) is 4.85. The number of aromatic carboxylic acids is 1. The van der Waals surface area contributed by atoms with Crippen LogP contribution in [-0.4, -0.2) is 58.8 Å². The number of carbonyl (C=O) groups is 3. The molecule has 2 heterocycles. The number of ether oxygens (including phenoxy) is 1. The molecule has 5 rings (SSSR count). The number of halogens is 2. The summed E-state index contributed by atoms with van der Waals surface area (Å²) in [5.74, 6) is -1.87. The zero-order valence-corrected chi connectivity index (χ0v) is 18.6. The van der Waals surface area contributed by atoms with E-state index in [1.165, 1.54) is 11.0 Å². The number of hydrogen-bond acceptors (Lipinski definition) is 5. The molecule has 1 aromatic rings. The van der Waals surface area contributed by atoms with E-state index >= 15 is 0 Å². The molecule has 1 aromatic carbocycles. The first-order chi connectivity index (χ1) is 13.9. The number of hydrogen-bond donors (Lipinski definition) is 1. The molecule has 4 aliphatic rings. The van der Waals surface area contributed by atoms with E-state index in [1.807, 2.05) is 4.90 Å². The molecule has 7 nitrogen and oxygen atoms in total. The first-order valence-electron chi connectivity index (χ1n) is 9.76. The fourth-order valence-electron chi connectivity index (χ4n) is 5.52. The second-order valence-electron chi connectivity index (χ2n) is 8.12. The number of nitrogens with zero attached hydrogens (tertiary/aromatic N) is 2. The van der Waals surface area contributed by atoms with Gasteiger partial charge in [0.25, 0.3) is 0 Å². The zero-order valence-electron chi connectivity index (χ0n) is 15.5. The minimum atomic E-state index is -1.08. The van der Waals surface area contributed by atoms with E-state index in [4.69, 9.17) is 4.74 Å². The SMILES string of the molecule is O=C(O)c1cc(N2C(=O)[C@@H]3[C@H]4C[C@@H]([C@@H](Br)[C@H]4Br)[C@H]3C2=O)ccc1N1CCOCC1. The first kappa shape index (κ1) is 19.5. The lowest BCUT2D eigenvalue weighted by Gasteiger charge is -2.30. The summed E-state index contributed by atoms with van der Waals surface area (Å²) < 4.78 is 5.35. The van der Waals surface area contributed by atoms with Crippen LogP contribution >= 0.6 is 31.9 Å². The standard InChI is InChI=1S/C20H20Br2N2O5/c21-16-11-8-12(17(16)22)15-14(11)18(25)24(19(15)26)9-1-2-13(10(7-9)20(27)28)23-3-5-29-6-4-23/h1-2,7,11-12,14-17H,3-6,8H2,(H,27,28)/t11-,12-,14-,15-,16-,17+/m1/s1. The van der Waals surface area contributed by atoms with Crippen molar-refractivity contribution in [1.82, 2.24) is 0 Å². The normalized spacial score (nSPS) is 36.1. The van der Waals surface area contributed by atoms with E-state index in [-0.39, 0.29) is 50.7 Å². The Morgan fingerprint density at radius 1 is 1.03 bits per heavy atom. The van der Waals surface area contributed by atoms with Crippen LogP contribution in [0.3, 0.4) is 0 Å². The van der Waals surface area contributed by atoms with Crippen LogP contribution in [-0.2, 0) is 14.3 Å². The number of imide groups is 1. The molecule has 0 spiro atoms. The minimum Gasteiger partial charge on any atom is -0.478 e.